The van der Waals surface area contributed by atoms with Crippen molar-refractivity contribution in [1.29, 1.82) is 0 Å². The minimum atomic E-state index is -0.898. The lowest BCUT2D eigenvalue weighted by molar-refractivity contribution is -0.136. The zero-order chi connectivity index (χ0) is 15.0. The fraction of sp³-hybridized carbons (Fsp3) is 0.467. The summed E-state index contributed by atoms with van der Waals surface area (Å²) in [5.41, 5.74) is 1.86. The Balaban J connectivity index is 2.75. The van der Waals surface area contributed by atoms with Crippen molar-refractivity contribution in [3.63, 3.8) is 0 Å². The number of carboxylic acid groups (broad SMARTS) is 1. The van der Waals surface area contributed by atoms with Crippen LogP contribution in [-0.2, 0) is 9.59 Å². The highest BCUT2D eigenvalue weighted by Gasteiger charge is 2.16. The number of nitrogens with one attached hydrogen (secondary N) is 1. The molecule has 0 aromatic heterocycles. The maximum atomic E-state index is 12.2. The van der Waals surface area contributed by atoms with Crippen molar-refractivity contribution >= 4 is 17.6 Å². The predicted octanol–water partition coefficient (Wildman–Crippen LogP) is 1.80. The second kappa shape index (κ2) is 8.32. The molecule has 0 saturated heterocycles. The molecule has 0 unspecified atom stereocenters. The highest BCUT2D eigenvalue weighted by atomic mass is 16.4. The summed E-state index contributed by atoms with van der Waals surface area (Å²) in [6, 6.07) is 7.55. The van der Waals surface area contributed by atoms with Crippen molar-refractivity contribution in [3.05, 3.63) is 29.8 Å². The van der Waals surface area contributed by atoms with Crippen LogP contribution in [0.3, 0.4) is 0 Å². The highest BCUT2D eigenvalue weighted by molar-refractivity contribution is 5.93. The number of benzene rings is 1. The molecule has 2 N–H and O–H groups in total. The Morgan fingerprint density at radius 3 is 2.40 bits per heavy atom. The first-order chi connectivity index (χ1) is 9.54. The summed E-state index contributed by atoms with van der Waals surface area (Å²) in [5.74, 6) is -0.935. The highest BCUT2D eigenvalue weighted by Crippen LogP contribution is 2.17. The molecule has 20 heavy (non-hydrogen) atoms. The van der Waals surface area contributed by atoms with Crippen LogP contribution < -0.4 is 10.2 Å². The molecule has 1 rings (SSSR count). The summed E-state index contributed by atoms with van der Waals surface area (Å²) < 4.78 is 0. The Bertz CT molecular complexity index is 443. The Morgan fingerprint density at radius 2 is 1.85 bits per heavy atom. The molecule has 0 aliphatic heterocycles. The first-order valence-corrected chi connectivity index (χ1v) is 6.78. The fourth-order valence-corrected chi connectivity index (χ4v) is 1.88. The van der Waals surface area contributed by atoms with Crippen LogP contribution in [0.15, 0.2) is 24.3 Å². The molecule has 1 aromatic carbocycles. The lowest BCUT2D eigenvalue weighted by Gasteiger charge is -2.22. The number of carbonyl (C=O) groups is 2. The number of aliphatic carboxylic acids is 1. The maximum Gasteiger partial charge on any atom is 0.305 e. The van der Waals surface area contributed by atoms with Crippen LogP contribution in [0.4, 0.5) is 5.69 Å². The van der Waals surface area contributed by atoms with Gasteiger partial charge in [0.25, 0.3) is 0 Å². The second-order valence-corrected chi connectivity index (χ2v) is 4.73. The normalized spacial score (nSPS) is 10.3. The first kappa shape index (κ1) is 16.2. The van der Waals surface area contributed by atoms with E-state index in [1.165, 1.54) is 0 Å². The molecule has 0 fully saturated rings. The maximum absolute atomic E-state index is 12.2. The monoisotopic (exact) mass is 278 g/mol. The number of amides is 1. The second-order valence-electron chi connectivity index (χ2n) is 4.73. The number of carboxylic acids is 1. The molecule has 0 radical (unpaired) electrons. The van der Waals surface area contributed by atoms with E-state index in [1.807, 2.05) is 38.2 Å². The summed E-state index contributed by atoms with van der Waals surface area (Å²) in [4.78, 5) is 24.5. The summed E-state index contributed by atoms with van der Waals surface area (Å²) in [6.45, 7) is 2.95. The number of carbonyl (C=O) groups excluding carboxylic acids is 1. The summed E-state index contributed by atoms with van der Waals surface area (Å²) in [5, 5.41) is 11.8. The van der Waals surface area contributed by atoms with E-state index < -0.39 is 5.97 Å². The summed E-state index contributed by atoms with van der Waals surface area (Å²) >= 11 is 0. The van der Waals surface area contributed by atoms with Crippen molar-refractivity contribution in [3.8, 4) is 0 Å². The van der Waals surface area contributed by atoms with Gasteiger partial charge in [-0.2, -0.15) is 0 Å². The molecule has 0 saturated carbocycles. The average Bonchev–Trinajstić information content (AvgIpc) is 2.41. The molecule has 1 amide bonds. The zero-order valence-electron chi connectivity index (χ0n) is 12.1. The van der Waals surface area contributed by atoms with Crippen molar-refractivity contribution < 1.29 is 14.7 Å². The Hall–Kier alpha value is -1.88. The van der Waals surface area contributed by atoms with Gasteiger partial charge in [-0.1, -0.05) is 17.7 Å². The summed E-state index contributed by atoms with van der Waals surface area (Å²) in [6.07, 6.45) is 1.10. The number of rotatable bonds is 8. The standard InChI is InChI=1S/C15H22N2O3/c1-12-5-7-13(8-6-12)17(11-9-15(19)20)14(18)4-3-10-16-2/h5-8,16H,3-4,9-11H2,1-2H3,(H,19,20). The number of hydrogen-bond acceptors (Lipinski definition) is 3. The minimum Gasteiger partial charge on any atom is -0.481 e. The summed E-state index contributed by atoms with van der Waals surface area (Å²) in [7, 11) is 1.84. The van der Waals surface area contributed by atoms with Gasteiger partial charge in [0, 0.05) is 18.7 Å². The average molecular weight is 278 g/mol. The molecule has 5 heteroatoms. The molecule has 0 spiro atoms. The van der Waals surface area contributed by atoms with Crippen LogP contribution >= 0.6 is 0 Å². The van der Waals surface area contributed by atoms with Gasteiger partial charge in [-0.15, -0.1) is 0 Å². The van der Waals surface area contributed by atoms with E-state index in [2.05, 4.69) is 5.32 Å². The third kappa shape index (κ3) is 5.40. The van der Waals surface area contributed by atoms with Crippen LogP contribution in [-0.4, -0.2) is 37.1 Å². The van der Waals surface area contributed by atoms with Crippen LogP contribution in [0.5, 0.6) is 0 Å². The van der Waals surface area contributed by atoms with Gasteiger partial charge in [0.15, 0.2) is 0 Å². The van der Waals surface area contributed by atoms with Gasteiger partial charge >= 0.3 is 5.97 Å². The van der Waals surface area contributed by atoms with Crippen LogP contribution in [0, 0.1) is 6.92 Å². The Morgan fingerprint density at radius 1 is 1.20 bits per heavy atom. The molecule has 0 bridgehead atoms. The topological polar surface area (TPSA) is 69.6 Å². The lowest BCUT2D eigenvalue weighted by atomic mass is 10.2. The van der Waals surface area contributed by atoms with E-state index in [0.29, 0.717) is 6.42 Å². The van der Waals surface area contributed by atoms with Gasteiger partial charge in [0.05, 0.1) is 6.42 Å². The van der Waals surface area contributed by atoms with E-state index in [9.17, 15) is 9.59 Å². The van der Waals surface area contributed by atoms with E-state index in [4.69, 9.17) is 5.11 Å². The quantitative estimate of drug-likeness (QED) is 0.711. The number of aryl methyl sites for hydroxylation is 1. The molecule has 0 heterocycles. The molecule has 5 nitrogen and oxygen atoms in total. The van der Waals surface area contributed by atoms with E-state index in [-0.39, 0.29) is 18.9 Å². The smallest absolute Gasteiger partial charge is 0.305 e. The van der Waals surface area contributed by atoms with Crippen molar-refractivity contribution in [2.24, 2.45) is 0 Å². The molecule has 0 aliphatic rings. The molecular weight excluding hydrogens is 256 g/mol. The van der Waals surface area contributed by atoms with Crippen molar-refractivity contribution in [1.82, 2.24) is 5.32 Å². The molecule has 0 aliphatic carbocycles. The third-order valence-corrected chi connectivity index (χ3v) is 3.01. The van der Waals surface area contributed by atoms with Crippen LogP contribution in [0.1, 0.15) is 24.8 Å². The number of anilines is 1. The number of nitrogens with zero attached hydrogens (tertiary/aromatic N) is 1. The Kier molecular flexibility index (Phi) is 6.73. The Labute approximate surface area is 119 Å². The van der Waals surface area contributed by atoms with Gasteiger partial charge in [0.1, 0.15) is 0 Å². The lowest BCUT2D eigenvalue weighted by Crippen LogP contribution is -2.33. The van der Waals surface area contributed by atoms with Gasteiger partial charge < -0.3 is 15.3 Å². The largest absolute Gasteiger partial charge is 0.481 e. The van der Waals surface area contributed by atoms with E-state index in [0.717, 1.165) is 24.2 Å². The van der Waals surface area contributed by atoms with Gasteiger partial charge in [0.2, 0.25) is 5.91 Å². The SMILES string of the molecule is CNCCCC(=O)N(CCC(=O)O)c1ccc(C)cc1. The molecule has 110 valence electrons. The predicted molar refractivity (Wildman–Crippen MR) is 78.9 cm³/mol. The fourth-order valence-electron chi connectivity index (χ4n) is 1.88. The van der Waals surface area contributed by atoms with Gasteiger partial charge in [-0.05, 0) is 39.1 Å². The van der Waals surface area contributed by atoms with Crippen LogP contribution in [0.25, 0.3) is 0 Å². The van der Waals surface area contributed by atoms with Crippen molar-refractivity contribution in [2.45, 2.75) is 26.2 Å². The third-order valence-electron chi connectivity index (χ3n) is 3.01. The van der Waals surface area contributed by atoms with Crippen molar-refractivity contribution in [2.75, 3.05) is 25.0 Å². The van der Waals surface area contributed by atoms with E-state index >= 15 is 0 Å². The van der Waals surface area contributed by atoms with Gasteiger partial charge in [-0.3, -0.25) is 9.59 Å². The first-order valence-electron chi connectivity index (χ1n) is 6.78. The minimum absolute atomic E-state index is 0.0367. The van der Waals surface area contributed by atoms with Gasteiger partial charge in [-0.25, -0.2) is 0 Å². The zero-order valence-corrected chi connectivity index (χ0v) is 12.1. The number of hydrogen-bond donors (Lipinski definition) is 2. The van der Waals surface area contributed by atoms with Crippen LogP contribution in [0.2, 0.25) is 0 Å². The van der Waals surface area contributed by atoms with E-state index in [1.54, 1.807) is 4.90 Å². The molecular formula is C15H22N2O3. The molecule has 1 aromatic rings. The molecule has 0 atom stereocenters.